The highest BCUT2D eigenvalue weighted by Crippen LogP contribution is 2.27. The van der Waals surface area contributed by atoms with Crippen molar-refractivity contribution in [2.24, 2.45) is 0 Å². The average Bonchev–Trinajstić information content (AvgIpc) is 2.77. The molecule has 0 aliphatic carbocycles. The van der Waals surface area contributed by atoms with Crippen LogP contribution in [0.4, 0.5) is 0 Å². The lowest BCUT2D eigenvalue weighted by molar-refractivity contribution is -0.148. The maximum absolute atomic E-state index is 12.1. The largest absolute Gasteiger partial charge is 0.480 e. The number of likely N-dealkylation sites (tertiary alicyclic amines) is 1. The van der Waals surface area contributed by atoms with E-state index in [9.17, 15) is 19.5 Å². The van der Waals surface area contributed by atoms with E-state index in [1.54, 1.807) is 24.3 Å². The van der Waals surface area contributed by atoms with Crippen LogP contribution in [-0.2, 0) is 20.8 Å². The van der Waals surface area contributed by atoms with Gasteiger partial charge in [0.25, 0.3) is 0 Å². The average molecular weight is 342 g/mol. The van der Waals surface area contributed by atoms with Crippen molar-refractivity contribution in [3.8, 4) is 0 Å². The number of hydrogen-bond acceptors (Lipinski definition) is 4. The molecule has 22 heavy (non-hydrogen) atoms. The molecule has 0 bridgehead atoms. The summed E-state index contributed by atoms with van der Waals surface area (Å²) in [5, 5.41) is 9.69. The molecular weight excluding hydrogens is 326 g/mol. The van der Waals surface area contributed by atoms with Crippen molar-refractivity contribution < 1.29 is 19.5 Å². The summed E-state index contributed by atoms with van der Waals surface area (Å²) in [6.45, 7) is 1.71. The second-order valence-corrected chi connectivity index (χ2v) is 7.02. The lowest BCUT2D eigenvalue weighted by Gasteiger charge is -2.25. The molecule has 1 unspecified atom stereocenters. The first-order valence-corrected chi connectivity index (χ1v) is 8.07. The van der Waals surface area contributed by atoms with E-state index < -0.39 is 12.0 Å². The van der Waals surface area contributed by atoms with Crippen LogP contribution in [-0.4, -0.2) is 44.8 Å². The molecule has 2 rings (SSSR count). The first kappa shape index (κ1) is 16.8. The van der Waals surface area contributed by atoms with E-state index in [0.717, 1.165) is 11.8 Å². The lowest BCUT2D eigenvalue weighted by atomic mass is 10.0. The van der Waals surface area contributed by atoms with Gasteiger partial charge in [-0.05, 0) is 11.6 Å². The van der Waals surface area contributed by atoms with Crippen LogP contribution in [0.2, 0.25) is 5.02 Å². The van der Waals surface area contributed by atoms with Gasteiger partial charge in [0.15, 0.2) is 5.12 Å². The number of amides is 1. The van der Waals surface area contributed by atoms with Crippen LogP contribution < -0.4 is 0 Å². The molecule has 1 aliphatic heterocycles. The summed E-state index contributed by atoms with van der Waals surface area (Å²) >= 11 is 7.16. The summed E-state index contributed by atoms with van der Waals surface area (Å²) in [6.07, 6.45) is 0.342. The Labute approximate surface area is 137 Å². The normalized spacial score (nSPS) is 19.3. The molecule has 5 nitrogen and oxygen atoms in total. The smallest absolute Gasteiger partial charge is 0.326 e. The van der Waals surface area contributed by atoms with Crippen LogP contribution in [0.3, 0.4) is 0 Å². The number of hydrogen-bond donors (Lipinski definition) is 1. The van der Waals surface area contributed by atoms with E-state index in [1.165, 1.54) is 11.8 Å². The van der Waals surface area contributed by atoms with Crippen molar-refractivity contribution in [1.29, 1.82) is 0 Å². The van der Waals surface area contributed by atoms with Gasteiger partial charge in [0, 0.05) is 36.6 Å². The van der Waals surface area contributed by atoms with E-state index in [-0.39, 0.29) is 35.7 Å². The van der Waals surface area contributed by atoms with Gasteiger partial charge in [-0.25, -0.2) is 4.79 Å². The number of carbonyl (C=O) groups excluding carboxylic acids is 2. The fraction of sp³-hybridized carbons (Fsp3) is 0.400. The van der Waals surface area contributed by atoms with Crippen LogP contribution in [0.25, 0.3) is 0 Å². The predicted octanol–water partition coefficient (Wildman–Crippen LogP) is 2.22. The first-order chi connectivity index (χ1) is 10.4. The lowest BCUT2D eigenvalue weighted by Crippen LogP contribution is -2.44. The minimum absolute atomic E-state index is 0.0716. The molecule has 1 N–H and O–H groups in total. The standard InChI is InChI=1S/C15H16ClNO4S/c1-9(18)22-11-7-14(19)17(8-11)13(15(20)21)6-10-4-2-3-5-12(10)16/h2-5,11,13H,6-8H2,1H3,(H,20,21)/t11?,13-/m0/s1. The van der Waals surface area contributed by atoms with Crippen molar-refractivity contribution in [3.05, 3.63) is 34.9 Å². The third-order valence-electron chi connectivity index (χ3n) is 3.49. The monoisotopic (exact) mass is 341 g/mol. The number of carboxylic acids is 1. The Balaban J connectivity index is 2.15. The fourth-order valence-electron chi connectivity index (χ4n) is 2.52. The number of carboxylic acid groups (broad SMARTS) is 1. The minimum atomic E-state index is -1.07. The molecule has 1 aromatic rings. The van der Waals surface area contributed by atoms with Gasteiger partial charge in [0.2, 0.25) is 5.91 Å². The Kier molecular flexibility index (Phi) is 5.47. The van der Waals surface area contributed by atoms with Crippen molar-refractivity contribution in [2.75, 3.05) is 6.54 Å². The zero-order valence-corrected chi connectivity index (χ0v) is 13.6. The third-order valence-corrected chi connectivity index (χ3v) is 4.84. The van der Waals surface area contributed by atoms with Gasteiger partial charge in [-0.15, -0.1) is 0 Å². The van der Waals surface area contributed by atoms with Crippen molar-refractivity contribution in [3.63, 3.8) is 0 Å². The summed E-state index contributed by atoms with van der Waals surface area (Å²) in [6, 6.07) is 6.02. The van der Waals surface area contributed by atoms with E-state index in [2.05, 4.69) is 0 Å². The van der Waals surface area contributed by atoms with Crippen LogP contribution in [0.15, 0.2) is 24.3 Å². The Hall–Kier alpha value is -1.53. The Morgan fingerprint density at radius 1 is 1.45 bits per heavy atom. The fourth-order valence-corrected chi connectivity index (χ4v) is 3.66. The van der Waals surface area contributed by atoms with Crippen LogP contribution in [0, 0.1) is 0 Å². The molecule has 1 heterocycles. The van der Waals surface area contributed by atoms with Gasteiger partial charge >= 0.3 is 5.97 Å². The van der Waals surface area contributed by atoms with Gasteiger partial charge in [0.05, 0.1) is 0 Å². The molecule has 0 spiro atoms. The zero-order valence-electron chi connectivity index (χ0n) is 12.0. The Morgan fingerprint density at radius 2 is 2.14 bits per heavy atom. The molecular formula is C15H16ClNO4S. The predicted molar refractivity (Wildman–Crippen MR) is 85.0 cm³/mol. The summed E-state index contributed by atoms with van der Waals surface area (Å²) in [7, 11) is 0. The molecule has 0 aromatic heterocycles. The Bertz CT molecular complexity index is 607. The van der Waals surface area contributed by atoms with E-state index in [4.69, 9.17) is 11.6 Å². The van der Waals surface area contributed by atoms with Gasteiger partial charge in [-0.1, -0.05) is 41.6 Å². The maximum Gasteiger partial charge on any atom is 0.326 e. The van der Waals surface area contributed by atoms with Gasteiger partial charge < -0.3 is 10.0 Å². The Morgan fingerprint density at radius 3 is 2.73 bits per heavy atom. The highest BCUT2D eigenvalue weighted by molar-refractivity contribution is 8.14. The molecule has 2 atom stereocenters. The number of thioether (sulfide) groups is 1. The second-order valence-electron chi connectivity index (χ2n) is 5.13. The summed E-state index contributed by atoms with van der Waals surface area (Å²) < 4.78 is 0. The molecule has 118 valence electrons. The number of halogens is 1. The van der Waals surface area contributed by atoms with E-state index in [0.29, 0.717) is 10.6 Å². The first-order valence-electron chi connectivity index (χ1n) is 6.81. The second kappa shape index (κ2) is 7.15. The third kappa shape index (κ3) is 4.01. The topological polar surface area (TPSA) is 74.7 Å². The van der Waals surface area contributed by atoms with Gasteiger partial charge in [-0.3, -0.25) is 9.59 Å². The molecule has 7 heteroatoms. The minimum Gasteiger partial charge on any atom is -0.480 e. The van der Waals surface area contributed by atoms with Crippen LogP contribution in [0.1, 0.15) is 18.9 Å². The zero-order chi connectivity index (χ0) is 16.3. The van der Waals surface area contributed by atoms with Crippen LogP contribution >= 0.6 is 23.4 Å². The molecule has 1 fully saturated rings. The number of nitrogens with zero attached hydrogens (tertiary/aromatic N) is 1. The quantitative estimate of drug-likeness (QED) is 0.888. The van der Waals surface area contributed by atoms with E-state index >= 15 is 0 Å². The molecule has 1 amide bonds. The van der Waals surface area contributed by atoms with Gasteiger partial charge in [0.1, 0.15) is 6.04 Å². The van der Waals surface area contributed by atoms with Crippen molar-refractivity contribution >= 4 is 40.4 Å². The van der Waals surface area contributed by atoms with Crippen molar-refractivity contribution in [1.82, 2.24) is 4.90 Å². The highest BCUT2D eigenvalue weighted by atomic mass is 35.5. The highest BCUT2D eigenvalue weighted by Gasteiger charge is 2.38. The molecule has 1 aliphatic rings. The molecule has 1 aromatic carbocycles. The number of aliphatic carboxylic acids is 1. The molecule has 0 saturated carbocycles. The van der Waals surface area contributed by atoms with Gasteiger partial charge in [-0.2, -0.15) is 0 Å². The number of benzene rings is 1. The van der Waals surface area contributed by atoms with Crippen LogP contribution in [0.5, 0.6) is 0 Å². The maximum atomic E-state index is 12.1. The van der Waals surface area contributed by atoms with Crippen molar-refractivity contribution in [2.45, 2.75) is 31.1 Å². The summed E-state index contributed by atoms with van der Waals surface area (Å²) in [4.78, 5) is 36.1. The number of rotatable bonds is 5. The molecule has 0 radical (unpaired) electrons. The molecule has 1 saturated heterocycles. The van der Waals surface area contributed by atoms with E-state index in [1.807, 2.05) is 0 Å². The summed E-state index contributed by atoms with van der Waals surface area (Å²) in [5.74, 6) is -1.31. The summed E-state index contributed by atoms with van der Waals surface area (Å²) in [5.41, 5.74) is 0.687. The SMILES string of the molecule is CC(=O)SC1CC(=O)N([C@@H](Cc2ccccc2Cl)C(=O)O)C1. The number of carbonyl (C=O) groups is 3.